The molecule has 1 unspecified atom stereocenters. The van der Waals surface area contributed by atoms with E-state index in [4.69, 9.17) is 4.74 Å². The van der Waals surface area contributed by atoms with E-state index in [1.807, 2.05) is 0 Å². The number of amides is 2. The van der Waals surface area contributed by atoms with Crippen LogP contribution >= 0.6 is 0 Å². The first-order valence-corrected chi connectivity index (χ1v) is 7.95. The van der Waals surface area contributed by atoms with Gasteiger partial charge < -0.3 is 10.1 Å². The van der Waals surface area contributed by atoms with Crippen LogP contribution in [0.5, 0.6) is 0 Å². The number of halogens is 3. The largest absolute Gasteiger partial charge is 0.444 e. The highest BCUT2D eigenvalue weighted by atomic mass is 19.4. The maximum Gasteiger partial charge on any atom is 0.416 e. The summed E-state index contributed by atoms with van der Waals surface area (Å²) >= 11 is 0. The lowest BCUT2D eigenvalue weighted by Gasteiger charge is -2.28. The molecule has 1 aromatic carbocycles. The molecule has 138 valence electrons. The molecule has 0 aliphatic carbocycles. The zero-order chi connectivity index (χ0) is 18.8. The third-order valence-electron chi connectivity index (χ3n) is 3.64. The summed E-state index contributed by atoms with van der Waals surface area (Å²) in [6.45, 7) is 5.53. The van der Waals surface area contributed by atoms with Crippen molar-refractivity contribution < 1.29 is 27.5 Å². The summed E-state index contributed by atoms with van der Waals surface area (Å²) in [7, 11) is 0. The number of alkyl halides is 3. The Kier molecular flexibility index (Phi) is 5.29. The number of hydrogen-bond donors (Lipinski definition) is 1. The lowest BCUT2D eigenvalue weighted by Crippen LogP contribution is -2.45. The molecule has 0 aromatic heterocycles. The van der Waals surface area contributed by atoms with E-state index in [2.05, 4.69) is 5.32 Å². The molecular weight excluding hydrogens is 337 g/mol. The molecular formula is C17H21F3N2O3. The Morgan fingerprint density at radius 1 is 1.24 bits per heavy atom. The zero-order valence-electron chi connectivity index (χ0n) is 14.3. The van der Waals surface area contributed by atoms with E-state index in [1.165, 1.54) is 17.0 Å². The van der Waals surface area contributed by atoms with E-state index in [1.54, 1.807) is 20.8 Å². The molecule has 1 heterocycles. The van der Waals surface area contributed by atoms with Gasteiger partial charge in [-0.1, -0.05) is 6.07 Å². The molecule has 0 spiro atoms. The molecule has 0 radical (unpaired) electrons. The molecule has 1 atom stereocenters. The number of carbonyl (C=O) groups excluding carboxylic acids is 2. The minimum Gasteiger partial charge on any atom is -0.444 e. The molecule has 1 fully saturated rings. The topological polar surface area (TPSA) is 58.6 Å². The molecule has 1 aliphatic rings. The van der Waals surface area contributed by atoms with Crippen molar-refractivity contribution >= 4 is 17.7 Å². The van der Waals surface area contributed by atoms with Gasteiger partial charge in [-0.25, -0.2) is 4.79 Å². The Balaban J connectivity index is 2.08. The number of anilines is 1. The molecule has 1 N–H and O–H groups in total. The Morgan fingerprint density at radius 2 is 1.92 bits per heavy atom. The third kappa shape index (κ3) is 5.11. The number of carbonyl (C=O) groups is 2. The third-order valence-corrected chi connectivity index (χ3v) is 3.64. The first kappa shape index (κ1) is 19.1. The van der Waals surface area contributed by atoms with Crippen molar-refractivity contribution in [3.63, 3.8) is 0 Å². The molecule has 5 nitrogen and oxygen atoms in total. The number of nitrogens with zero attached hydrogens (tertiary/aromatic N) is 1. The minimum absolute atomic E-state index is 0.0378. The van der Waals surface area contributed by atoms with Crippen molar-refractivity contribution in [2.24, 2.45) is 0 Å². The summed E-state index contributed by atoms with van der Waals surface area (Å²) in [5.41, 5.74) is -1.50. The fourth-order valence-corrected chi connectivity index (χ4v) is 2.58. The first-order valence-electron chi connectivity index (χ1n) is 7.95. The quantitative estimate of drug-likeness (QED) is 0.868. The lowest BCUT2D eigenvalue weighted by atomic mass is 10.1. The Labute approximate surface area is 144 Å². The SMILES string of the molecule is CC(C)(C)OC(=O)N1CCCC1C(=O)Nc1cccc(C(F)(F)F)c1. The highest BCUT2D eigenvalue weighted by molar-refractivity contribution is 5.97. The van der Waals surface area contributed by atoms with Gasteiger partial charge in [0.05, 0.1) is 5.56 Å². The van der Waals surface area contributed by atoms with Gasteiger partial charge in [0, 0.05) is 12.2 Å². The Morgan fingerprint density at radius 3 is 2.52 bits per heavy atom. The van der Waals surface area contributed by atoms with Gasteiger partial charge in [-0.2, -0.15) is 13.2 Å². The van der Waals surface area contributed by atoms with Crippen LogP contribution in [0.2, 0.25) is 0 Å². The van der Waals surface area contributed by atoms with E-state index in [-0.39, 0.29) is 5.69 Å². The van der Waals surface area contributed by atoms with Gasteiger partial charge >= 0.3 is 12.3 Å². The van der Waals surface area contributed by atoms with E-state index in [9.17, 15) is 22.8 Å². The monoisotopic (exact) mass is 358 g/mol. The molecule has 2 amide bonds. The number of ether oxygens (including phenoxy) is 1. The lowest BCUT2D eigenvalue weighted by molar-refractivity contribution is -0.137. The normalized spacial score (nSPS) is 18.2. The van der Waals surface area contributed by atoms with E-state index in [0.717, 1.165) is 12.1 Å². The fourth-order valence-electron chi connectivity index (χ4n) is 2.58. The van der Waals surface area contributed by atoms with Crippen LogP contribution in [0, 0.1) is 0 Å². The smallest absolute Gasteiger partial charge is 0.416 e. The Bertz CT molecular complexity index is 653. The molecule has 0 saturated carbocycles. The number of likely N-dealkylation sites (tertiary alicyclic amines) is 1. The fraction of sp³-hybridized carbons (Fsp3) is 0.529. The van der Waals surface area contributed by atoms with Crippen molar-refractivity contribution in [3.8, 4) is 0 Å². The van der Waals surface area contributed by atoms with E-state index in [0.29, 0.717) is 19.4 Å². The molecule has 0 bridgehead atoms. The van der Waals surface area contributed by atoms with Crippen molar-refractivity contribution in [2.45, 2.75) is 51.4 Å². The van der Waals surface area contributed by atoms with Gasteiger partial charge in [0.1, 0.15) is 11.6 Å². The summed E-state index contributed by atoms with van der Waals surface area (Å²) in [5, 5.41) is 2.46. The second-order valence-electron chi connectivity index (χ2n) is 6.90. The van der Waals surface area contributed by atoms with Crippen LogP contribution in [0.3, 0.4) is 0 Å². The van der Waals surface area contributed by atoms with Crippen LogP contribution in [0.4, 0.5) is 23.7 Å². The second kappa shape index (κ2) is 6.93. The number of rotatable bonds is 2. The number of benzene rings is 1. The van der Waals surface area contributed by atoms with Crippen LogP contribution < -0.4 is 5.32 Å². The van der Waals surface area contributed by atoms with Gasteiger partial charge in [0.2, 0.25) is 5.91 Å². The zero-order valence-corrected chi connectivity index (χ0v) is 14.3. The summed E-state index contributed by atoms with van der Waals surface area (Å²) in [4.78, 5) is 25.9. The van der Waals surface area contributed by atoms with Crippen molar-refractivity contribution in [3.05, 3.63) is 29.8 Å². The predicted octanol–water partition coefficient (Wildman–Crippen LogP) is 4.04. The van der Waals surface area contributed by atoms with Crippen LogP contribution in [0.15, 0.2) is 24.3 Å². The maximum atomic E-state index is 12.7. The average Bonchev–Trinajstić information content (AvgIpc) is 2.94. The molecule has 1 aliphatic heterocycles. The standard InChI is InChI=1S/C17H21F3N2O3/c1-16(2,3)25-15(24)22-9-5-8-13(22)14(23)21-12-7-4-6-11(10-12)17(18,19)20/h4,6-7,10,13H,5,8-9H2,1-3H3,(H,21,23). The van der Waals surface area contributed by atoms with Crippen LogP contribution in [-0.2, 0) is 15.7 Å². The van der Waals surface area contributed by atoms with Gasteiger partial charge in [0.25, 0.3) is 0 Å². The minimum atomic E-state index is -4.49. The van der Waals surface area contributed by atoms with Gasteiger partial charge in [-0.3, -0.25) is 9.69 Å². The van der Waals surface area contributed by atoms with Gasteiger partial charge in [-0.05, 0) is 51.8 Å². The Hall–Kier alpha value is -2.25. The molecule has 1 saturated heterocycles. The predicted molar refractivity (Wildman–Crippen MR) is 86.0 cm³/mol. The highest BCUT2D eigenvalue weighted by Crippen LogP contribution is 2.31. The summed E-state index contributed by atoms with van der Waals surface area (Å²) < 4.78 is 43.5. The molecule has 25 heavy (non-hydrogen) atoms. The van der Waals surface area contributed by atoms with Gasteiger partial charge in [0.15, 0.2) is 0 Å². The van der Waals surface area contributed by atoms with Gasteiger partial charge in [-0.15, -0.1) is 0 Å². The van der Waals surface area contributed by atoms with Crippen molar-refractivity contribution in [2.75, 3.05) is 11.9 Å². The van der Waals surface area contributed by atoms with Crippen LogP contribution in [0.25, 0.3) is 0 Å². The molecule has 2 rings (SSSR count). The van der Waals surface area contributed by atoms with Crippen LogP contribution in [-0.4, -0.2) is 35.1 Å². The van der Waals surface area contributed by atoms with Crippen molar-refractivity contribution in [1.82, 2.24) is 4.90 Å². The van der Waals surface area contributed by atoms with Crippen molar-refractivity contribution in [1.29, 1.82) is 0 Å². The highest BCUT2D eigenvalue weighted by Gasteiger charge is 2.37. The number of hydrogen-bond acceptors (Lipinski definition) is 3. The van der Waals surface area contributed by atoms with Crippen LogP contribution in [0.1, 0.15) is 39.2 Å². The molecule has 1 aromatic rings. The maximum absolute atomic E-state index is 12.7. The summed E-state index contributed by atoms with van der Waals surface area (Å²) in [5.74, 6) is -0.525. The summed E-state index contributed by atoms with van der Waals surface area (Å²) in [6, 6.07) is 3.63. The second-order valence-corrected chi connectivity index (χ2v) is 6.90. The number of nitrogens with one attached hydrogen (secondary N) is 1. The average molecular weight is 358 g/mol. The van der Waals surface area contributed by atoms with E-state index < -0.39 is 35.4 Å². The van der Waals surface area contributed by atoms with E-state index >= 15 is 0 Å². The summed E-state index contributed by atoms with van der Waals surface area (Å²) in [6.07, 6.45) is -4.03. The first-order chi connectivity index (χ1) is 11.5. The molecule has 8 heteroatoms.